The van der Waals surface area contributed by atoms with Gasteiger partial charge >= 0.3 is 0 Å². The minimum absolute atomic E-state index is 0.0382. The normalized spacial score (nSPS) is 17.4. The standard InChI is InChI=1S/C35H36N2O2/c1-3-24-18-28(26-12-7-5-8-13-26)20-30(34(24)38)22-36-32-16-11-17-33(32)37-23-31-21-29(19-25(4-2)35(31)39)27-14-9-6-10-15-27/h5-10,12-15,18-23,32-33,38-39H,3-4,11,16-17H2,1-2H3. The van der Waals surface area contributed by atoms with Crippen molar-refractivity contribution in [2.24, 2.45) is 9.98 Å². The predicted octanol–water partition coefficient (Wildman–Crippen LogP) is 8.02. The van der Waals surface area contributed by atoms with Crippen molar-refractivity contribution in [3.63, 3.8) is 0 Å². The number of benzene rings is 4. The zero-order chi connectivity index (χ0) is 27.2. The number of phenols is 2. The summed E-state index contributed by atoms with van der Waals surface area (Å²) in [6.07, 6.45) is 8.09. The van der Waals surface area contributed by atoms with Crippen molar-refractivity contribution in [1.82, 2.24) is 0 Å². The van der Waals surface area contributed by atoms with E-state index in [-0.39, 0.29) is 12.1 Å². The fourth-order valence-corrected chi connectivity index (χ4v) is 5.39. The van der Waals surface area contributed by atoms with Gasteiger partial charge in [0.2, 0.25) is 0 Å². The molecule has 2 atom stereocenters. The molecule has 4 heteroatoms. The minimum atomic E-state index is 0.0382. The zero-order valence-corrected chi connectivity index (χ0v) is 22.7. The van der Waals surface area contributed by atoms with E-state index in [1.165, 1.54) is 0 Å². The highest BCUT2D eigenvalue weighted by Gasteiger charge is 2.26. The maximum atomic E-state index is 10.9. The molecule has 1 fully saturated rings. The van der Waals surface area contributed by atoms with Gasteiger partial charge in [-0.1, -0.05) is 74.5 Å². The van der Waals surface area contributed by atoms with Crippen molar-refractivity contribution in [2.75, 3.05) is 0 Å². The summed E-state index contributed by atoms with van der Waals surface area (Å²) in [4.78, 5) is 9.84. The molecule has 0 saturated heterocycles. The number of aromatic hydroxyl groups is 2. The van der Waals surface area contributed by atoms with Crippen molar-refractivity contribution in [1.29, 1.82) is 0 Å². The van der Waals surface area contributed by atoms with Gasteiger partial charge in [-0.15, -0.1) is 0 Å². The first kappa shape index (κ1) is 26.4. The van der Waals surface area contributed by atoms with E-state index in [1.807, 2.05) is 61.0 Å². The van der Waals surface area contributed by atoms with Crippen LogP contribution in [-0.4, -0.2) is 34.7 Å². The van der Waals surface area contributed by atoms with Gasteiger partial charge in [0.1, 0.15) is 11.5 Å². The van der Waals surface area contributed by atoms with Crippen molar-refractivity contribution < 1.29 is 10.2 Å². The van der Waals surface area contributed by atoms with Crippen molar-refractivity contribution in [3.8, 4) is 33.8 Å². The molecule has 0 bridgehead atoms. The monoisotopic (exact) mass is 516 g/mol. The molecule has 0 amide bonds. The molecular weight excluding hydrogens is 480 g/mol. The molecule has 1 aliphatic carbocycles. The third-order valence-corrected chi connectivity index (χ3v) is 7.67. The average molecular weight is 517 g/mol. The number of phenolic OH excluding ortho intramolecular Hbond substituents is 2. The lowest BCUT2D eigenvalue weighted by molar-refractivity contribution is 0.467. The van der Waals surface area contributed by atoms with E-state index in [0.717, 1.165) is 76.6 Å². The lowest BCUT2D eigenvalue weighted by Gasteiger charge is -2.14. The minimum Gasteiger partial charge on any atom is -0.507 e. The number of nitrogens with zero attached hydrogens (tertiary/aromatic N) is 2. The van der Waals surface area contributed by atoms with Gasteiger partial charge in [0, 0.05) is 23.6 Å². The predicted molar refractivity (Wildman–Crippen MR) is 162 cm³/mol. The fraction of sp³-hybridized carbons (Fsp3) is 0.257. The van der Waals surface area contributed by atoms with Crippen LogP contribution in [0, 0.1) is 0 Å². The molecule has 0 spiro atoms. The Morgan fingerprint density at radius 3 is 1.41 bits per heavy atom. The summed E-state index contributed by atoms with van der Waals surface area (Å²) in [5.41, 5.74) is 7.70. The second-order valence-electron chi connectivity index (χ2n) is 10.2. The van der Waals surface area contributed by atoms with Gasteiger partial charge in [-0.05, 0) is 89.8 Å². The highest BCUT2D eigenvalue weighted by Crippen LogP contribution is 2.32. The molecule has 0 radical (unpaired) electrons. The topological polar surface area (TPSA) is 65.2 Å². The highest BCUT2D eigenvalue weighted by molar-refractivity contribution is 5.88. The van der Waals surface area contributed by atoms with Gasteiger partial charge in [0.05, 0.1) is 12.1 Å². The Labute approximate surface area is 231 Å². The molecule has 1 saturated carbocycles. The molecule has 0 aliphatic heterocycles. The molecule has 4 aromatic carbocycles. The summed E-state index contributed by atoms with van der Waals surface area (Å²) < 4.78 is 0. The van der Waals surface area contributed by atoms with Crippen LogP contribution < -0.4 is 0 Å². The van der Waals surface area contributed by atoms with Gasteiger partial charge in [-0.25, -0.2) is 0 Å². The summed E-state index contributed by atoms with van der Waals surface area (Å²) in [6, 6.07) is 28.7. The van der Waals surface area contributed by atoms with Gasteiger partial charge in [0.15, 0.2) is 0 Å². The molecule has 1 aliphatic rings. The van der Waals surface area contributed by atoms with E-state index in [0.29, 0.717) is 11.5 Å². The Hall–Kier alpha value is -4.18. The number of hydrogen-bond donors (Lipinski definition) is 2. The van der Waals surface area contributed by atoms with Crippen LogP contribution in [0.5, 0.6) is 11.5 Å². The fourth-order valence-electron chi connectivity index (χ4n) is 5.39. The number of aryl methyl sites for hydroxylation is 2. The zero-order valence-electron chi connectivity index (χ0n) is 22.7. The van der Waals surface area contributed by atoms with Gasteiger partial charge in [-0.3, -0.25) is 9.98 Å². The maximum absolute atomic E-state index is 10.9. The van der Waals surface area contributed by atoms with Crippen LogP contribution in [0.2, 0.25) is 0 Å². The van der Waals surface area contributed by atoms with E-state index in [1.54, 1.807) is 0 Å². The summed E-state index contributed by atoms with van der Waals surface area (Å²) in [6.45, 7) is 4.11. The molecule has 198 valence electrons. The summed E-state index contributed by atoms with van der Waals surface area (Å²) in [5.74, 6) is 0.599. The Morgan fingerprint density at radius 1 is 0.615 bits per heavy atom. The Balaban J connectivity index is 1.40. The molecule has 5 rings (SSSR count). The Kier molecular flexibility index (Phi) is 8.21. The van der Waals surface area contributed by atoms with Crippen LogP contribution in [0.4, 0.5) is 0 Å². The second-order valence-corrected chi connectivity index (χ2v) is 10.2. The lowest BCUT2D eigenvalue weighted by atomic mass is 9.97. The van der Waals surface area contributed by atoms with Crippen LogP contribution >= 0.6 is 0 Å². The molecule has 4 nitrogen and oxygen atoms in total. The van der Waals surface area contributed by atoms with E-state index >= 15 is 0 Å². The number of hydrogen-bond acceptors (Lipinski definition) is 4. The number of rotatable bonds is 8. The SMILES string of the molecule is CCc1cc(-c2ccccc2)cc(C=NC2CCCC2N=Cc2cc(-c3ccccc3)cc(CC)c2O)c1O. The van der Waals surface area contributed by atoms with E-state index < -0.39 is 0 Å². The molecule has 0 aromatic heterocycles. The smallest absolute Gasteiger partial charge is 0.127 e. The van der Waals surface area contributed by atoms with Crippen molar-refractivity contribution in [2.45, 2.75) is 58.0 Å². The Morgan fingerprint density at radius 2 is 1.03 bits per heavy atom. The first-order chi connectivity index (χ1) is 19.1. The molecule has 39 heavy (non-hydrogen) atoms. The second kappa shape index (κ2) is 12.1. The third-order valence-electron chi connectivity index (χ3n) is 7.67. The van der Waals surface area contributed by atoms with Gasteiger partial charge < -0.3 is 10.2 Å². The molecule has 0 heterocycles. The number of aliphatic imine (C=N–C) groups is 2. The van der Waals surface area contributed by atoms with Crippen LogP contribution in [0.3, 0.4) is 0 Å². The largest absolute Gasteiger partial charge is 0.507 e. The van der Waals surface area contributed by atoms with Crippen LogP contribution in [-0.2, 0) is 12.8 Å². The lowest BCUT2D eigenvalue weighted by Crippen LogP contribution is -2.16. The molecule has 4 aromatic rings. The Bertz CT molecular complexity index is 1360. The van der Waals surface area contributed by atoms with Crippen LogP contribution in [0.1, 0.15) is 55.4 Å². The summed E-state index contributed by atoms with van der Waals surface area (Å²) in [7, 11) is 0. The van der Waals surface area contributed by atoms with Crippen molar-refractivity contribution >= 4 is 12.4 Å². The van der Waals surface area contributed by atoms with Gasteiger partial charge in [-0.2, -0.15) is 0 Å². The third kappa shape index (κ3) is 5.96. The van der Waals surface area contributed by atoms with Crippen LogP contribution in [0.25, 0.3) is 22.3 Å². The molecule has 2 unspecified atom stereocenters. The van der Waals surface area contributed by atoms with Gasteiger partial charge in [0.25, 0.3) is 0 Å². The average Bonchev–Trinajstić information content (AvgIpc) is 3.44. The molecule has 2 N–H and O–H groups in total. The first-order valence-corrected chi connectivity index (χ1v) is 14.0. The highest BCUT2D eigenvalue weighted by atomic mass is 16.3. The molecular formula is C35H36N2O2. The first-order valence-electron chi connectivity index (χ1n) is 14.0. The van der Waals surface area contributed by atoms with Crippen LogP contribution in [0.15, 0.2) is 94.9 Å². The van der Waals surface area contributed by atoms with Crippen molar-refractivity contribution in [3.05, 3.63) is 107 Å². The quantitative estimate of drug-likeness (QED) is 0.233. The summed E-state index contributed by atoms with van der Waals surface area (Å²) in [5, 5.41) is 21.8. The van der Waals surface area contributed by atoms with E-state index in [2.05, 4.69) is 50.2 Å². The summed E-state index contributed by atoms with van der Waals surface area (Å²) >= 11 is 0. The van der Waals surface area contributed by atoms with E-state index in [9.17, 15) is 10.2 Å². The van der Waals surface area contributed by atoms with E-state index in [4.69, 9.17) is 9.98 Å². The maximum Gasteiger partial charge on any atom is 0.127 e.